The number of fused-ring (bicyclic) bond motifs is 1. The lowest BCUT2D eigenvalue weighted by molar-refractivity contribution is -0.382. The van der Waals surface area contributed by atoms with Crippen LogP contribution in [-0.4, -0.2) is 28.8 Å². The lowest BCUT2D eigenvalue weighted by Crippen LogP contribution is -2.36. The third-order valence-electron chi connectivity index (χ3n) is 4.05. The van der Waals surface area contributed by atoms with Crippen molar-refractivity contribution in [2.45, 2.75) is 19.8 Å². The first-order valence-corrected chi connectivity index (χ1v) is 7.72. The Bertz CT molecular complexity index is 705. The summed E-state index contributed by atoms with van der Waals surface area (Å²) < 4.78 is 0.823. The molecule has 0 saturated carbocycles. The Morgan fingerprint density at radius 3 is 2.76 bits per heavy atom. The van der Waals surface area contributed by atoms with Crippen LogP contribution in [0.5, 0.6) is 0 Å². The van der Waals surface area contributed by atoms with E-state index in [0.717, 1.165) is 17.5 Å². The molecule has 0 atom stereocenters. The Kier molecular flexibility index (Phi) is 3.59. The van der Waals surface area contributed by atoms with Crippen molar-refractivity contribution < 1.29 is 9.72 Å². The number of rotatable bonds is 3. The highest BCUT2D eigenvalue weighted by Gasteiger charge is 2.28. The van der Waals surface area contributed by atoms with Gasteiger partial charge in [-0.25, -0.2) is 4.98 Å². The summed E-state index contributed by atoms with van der Waals surface area (Å²) >= 11 is 1.40. The van der Waals surface area contributed by atoms with E-state index in [2.05, 4.69) is 4.98 Å². The predicted octanol–water partition coefficient (Wildman–Crippen LogP) is 3.01. The van der Waals surface area contributed by atoms with Crippen LogP contribution in [-0.2, 0) is 4.79 Å². The van der Waals surface area contributed by atoms with Gasteiger partial charge in [0.1, 0.15) is 11.5 Å². The maximum Gasteiger partial charge on any atom is 0.319 e. The number of thiazole rings is 1. The number of ketones is 1. The Morgan fingerprint density at radius 2 is 2.14 bits per heavy atom. The van der Waals surface area contributed by atoms with Crippen molar-refractivity contribution in [3.8, 4) is 0 Å². The molecule has 0 unspecified atom stereocenters. The number of hydrogen-bond acceptors (Lipinski definition) is 6. The topological polar surface area (TPSA) is 76.3 Å². The van der Waals surface area contributed by atoms with Gasteiger partial charge in [-0.3, -0.25) is 14.9 Å². The van der Waals surface area contributed by atoms with Crippen molar-refractivity contribution in [2.75, 3.05) is 18.0 Å². The normalized spacial score (nSPS) is 16.3. The summed E-state index contributed by atoms with van der Waals surface area (Å²) in [4.78, 5) is 28.6. The van der Waals surface area contributed by atoms with Gasteiger partial charge in [-0.2, -0.15) is 0 Å². The van der Waals surface area contributed by atoms with Crippen LogP contribution in [0.15, 0.2) is 17.6 Å². The lowest BCUT2D eigenvalue weighted by atomic mass is 9.93. The zero-order valence-electron chi connectivity index (χ0n) is 11.6. The van der Waals surface area contributed by atoms with Gasteiger partial charge in [0.2, 0.25) is 0 Å². The molecule has 1 fully saturated rings. The van der Waals surface area contributed by atoms with E-state index in [0.29, 0.717) is 24.3 Å². The number of nitro benzene ring substituents is 1. The zero-order chi connectivity index (χ0) is 15.0. The van der Waals surface area contributed by atoms with Crippen LogP contribution in [0.1, 0.15) is 19.8 Å². The van der Waals surface area contributed by atoms with Gasteiger partial charge in [-0.1, -0.05) is 0 Å². The van der Waals surface area contributed by atoms with Gasteiger partial charge >= 0.3 is 5.69 Å². The largest absolute Gasteiger partial charge is 0.366 e. The number of nitrogens with zero attached hydrogens (tertiary/aromatic N) is 3. The third-order valence-corrected chi connectivity index (χ3v) is 4.84. The summed E-state index contributed by atoms with van der Waals surface area (Å²) in [5.74, 6) is 0.294. The number of piperidine rings is 1. The molecular weight excluding hydrogens is 290 g/mol. The van der Waals surface area contributed by atoms with Crippen LogP contribution in [0.4, 0.5) is 11.4 Å². The number of carbonyl (C=O) groups excluding carboxylic acids is 1. The highest BCUT2D eigenvalue weighted by molar-refractivity contribution is 7.16. The first kappa shape index (κ1) is 13.9. The second-order valence-corrected chi connectivity index (χ2v) is 6.15. The Hall–Kier alpha value is -2.02. The second-order valence-electron chi connectivity index (χ2n) is 5.26. The number of carbonyl (C=O) groups is 1. The third kappa shape index (κ3) is 2.49. The molecule has 0 bridgehead atoms. The Morgan fingerprint density at radius 1 is 1.43 bits per heavy atom. The molecule has 0 N–H and O–H groups in total. The molecule has 0 amide bonds. The standard InChI is InChI=1S/C14H15N3O3S/c1-9(18)10-4-6-16(7-5-10)11-2-3-12-13(15-8-21-12)14(11)17(19)20/h2-3,8,10H,4-7H2,1H3. The highest BCUT2D eigenvalue weighted by Crippen LogP contribution is 2.38. The summed E-state index contributed by atoms with van der Waals surface area (Å²) in [5.41, 5.74) is 2.77. The van der Waals surface area contributed by atoms with Crippen molar-refractivity contribution in [3.05, 3.63) is 27.8 Å². The smallest absolute Gasteiger partial charge is 0.319 e. The summed E-state index contributed by atoms with van der Waals surface area (Å²) in [7, 11) is 0. The van der Waals surface area contributed by atoms with Crippen LogP contribution in [0, 0.1) is 16.0 Å². The molecule has 0 aliphatic carbocycles. The maximum absolute atomic E-state index is 11.4. The van der Waals surface area contributed by atoms with E-state index in [1.807, 2.05) is 11.0 Å². The van der Waals surface area contributed by atoms with E-state index in [-0.39, 0.29) is 22.3 Å². The zero-order valence-corrected chi connectivity index (χ0v) is 12.4. The minimum atomic E-state index is -0.353. The van der Waals surface area contributed by atoms with E-state index in [4.69, 9.17) is 0 Å². The molecule has 0 radical (unpaired) electrons. The molecule has 2 heterocycles. The van der Waals surface area contributed by atoms with Gasteiger partial charge < -0.3 is 4.90 Å². The fraction of sp³-hybridized carbons (Fsp3) is 0.429. The van der Waals surface area contributed by atoms with Gasteiger partial charge in [-0.15, -0.1) is 11.3 Å². The van der Waals surface area contributed by atoms with Crippen LogP contribution < -0.4 is 4.90 Å². The highest BCUT2D eigenvalue weighted by atomic mass is 32.1. The van der Waals surface area contributed by atoms with Crippen molar-refractivity contribution in [1.82, 2.24) is 4.98 Å². The molecule has 110 valence electrons. The molecule has 3 rings (SSSR count). The molecule has 21 heavy (non-hydrogen) atoms. The molecule has 1 aromatic heterocycles. The molecular formula is C14H15N3O3S. The maximum atomic E-state index is 11.4. The number of Topliss-reactive ketones (excluding diaryl/α,β-unsaturated/α-hetero) is 1. The van der Waals surface area contributed by atoms with Crippen LogP contribution in [0.2, 0.25) is 0 Å². The summed E-state index contributed by atoms with van der Waals surface area (Å²) in [5, 5.41) is 11.4. The van der Waals surface area contributed by atoms with Crippen molar-refractivity contribution in [3.63, 3.8) is 0 Å². The first-order chi connectivity index (χ1) is 10.1. The van der Waals surface area contributed by atoms with Crippen LogP contribution in [0.3, 0.4) is 0 Å². The van der Waals surface area contributed by atoms with Crippen molar-refractivity contribution in [1.29, 1.82) is 0 Å². The van der Waals surface area contributed by atoms with Gasteiger partial charge in [0.15, 0.2) is 5.52 Å². The van der Waals surface area contributed by atoms with Crippen molar-refractivity contribution >= 4 is 38.7 Å². The van der Waals surface area contributed by atoms with Gasteiger partial charge in [0.05, 0.1) is 15.1 Å². The van der Waals surface area contributed by atoms with Crippen LogP contribution in [0.25, 0.3) is 10.2 Å². The molecule has 7 heteroatoms. The van der Waals surface area contributed by atoms with E-state index in [1.165, 1.54) is 11.3 Å². The summed E-state index contributed by atoms with van der Waals surface area (Å²) in [6, 6.07) is 3.68. The molecule has 6 nitrogen and oxygen atoms in total. The van der Waals surface area contributed by atoms with Gasteiger partial charge in [-0.05, 0) is 31.9 Å². The minimum absolute atomic E-state index is 0.0787. The minimum Gasteiger partial charge on any atom is -0.366 e. The van der Waals surface area contributed by atoms with E-state index in [1.54, 1.807) is 18.5 Å². The summed E-state index contributed by atoms with van der Waals surface area (Å²) in [6.07, 6.45) is 1.50. The van der Waals surface area contributed by atoms with E-state index in [9.17, 15) is 14.9 Å². The second kappa shape index (κ2) is 5.40. The molecule has 1 aliphatic rings. The number of nitro groups is 1. The molecule has 0 spiro atoms. The van der Waals surface area contributed by atoms with Gasteiger partial charge in [0.25, 0.3) is 0 Å². The van der Waals surface area contributed by atoms with Crippen molar-refractivity contribution in [2.24, 2.45) is 5.92 Å². The molecule has 1 saturated heterocycles. The Balaban J connectivity index is 1.95. The molecule has 2 aromatic rings. The summed E-state index contributed by atoms with van der Waals surface area (Å²) in [6.45, 7) is 2.95. The fourth-order valence-electron chi connectivity index (χ4n) is 2.87. The number of hydrogen-bond donors (Lipinski definition) is 0. The first-order valence-electron chi connectivity index (χ1n) is 6.84. The molecule has 1 aromatic carbocycles. The van der Waals surface area contributed by atoms with E-state index < -0.39 is 0 Å². The quantitative estimate of drug-likeness (QED) is 0.643. The fourth-order valence-corrected chi connectivity index (χ4v) is 3.55. The monoisotopic (exact) mass is 305 g/mol. The average Bonchev–Trinajstić information content (AvgIpc) is 2.94. The number of anilines is 1. The Labute approximate surface area is 125 Å². The predicted molar refractivity (Wildman–Crippen MR) is 81.9 cm³/mol. The molecule has 1 aliphatic heterocycles. The SMILES string of the molecule is CC(=O)C1CCN(c2ccc3scnc3c2[N+](=O)[O-])CC1. The van der Waals surface area contributed by atoms with Gasteiger partial charge in [0, 0.05) is 19.0 Å². The average molecular weight is 305 g/mol. The lowest BCUT2D eigenvalue weighted by Gasteiger charge is -2.32. The van der Waals surface area contributed by atoms with Crippen LogP contribution >= 0.6 is 11.3 Å². The number of benzene rings is 1. The number of aromatic nitrogens is 1. The van der Waals surface area contributed by atoms with E-state index >= 15 is 0 Å².